The van der Waals surface area contributed by atoms with Crippen LogP contribution in [0, 0.1) is 5.92 Å². The lowest BCUT2D eigenvalue weighted by Crippen LogP contribution is -2.51. The van der Waals surface area contributed by atoms with Gasteiger partial charge in [0.15, 0.2) is 4.34 Å². The first-order valence-corrected chi connectivity index (χ1v) is 9.95. The van der Waals surface area contributed by atoms with Gasteiger partial charge < -0.3 is 11.1 Å². The fourth-order valence-electron chi connectivity index (χ4n) is 3.02. The number of amides is 1. The molecule has 0 spiro atoms. The van der Waals surface area contributed by atoms with Crippen LogP contribution in [0.4, 0.5) is 5.13 Å². The largest absolute Gasteiger partial charge is 0.325 e. The van der Waals surface area contributed by atoms with Gasteiger partial charge in [-0.15, -0.1) is 22.6 Å². The van der Waals surface area contributed by atoms with Crippen LogP contribution >= 0.6 is 35.5 Å². The topological polar surface area (TPSA) is 80.9 Å². The molecule has 8 heteroatoms. The van der Waals surface area contributed by atoms with Crippen molar-refractivity contribution in [2.24, 2.45) is 11.7 Å². The molecular formula is C17H23ClN4OS2. The summed E-state index contributed by atoms with van der Waals surface area (Å²) in [6, 6.07) is 10.2. The molecule has 5 nitrogen and oxygen atoms in total. The first-order chi connectivity index (χ1) is 11.5. The fraction of sp³-hybridized carbons (Fsp3) is 0.471. The van der Waals surface area contributed by atoms with E-state index in [9.17, 15) is 4.79 Å². The van der Waals surface area contributed by atoms with Crippen molar-refractivity contribution in [3.8, 4) is 0 Å². The minimum atomic E-state index is -0.433. The van der Waals surface area contributed by atoms with E-state index in [0.717, 1.165) is 35.8 Å². The molecule has 0 bridgehead atoms. The van der Waals surface area contributed by atoms with Crippen molar-refractivity contribution in [2.45, 2.75) is 48.2 Å². The monoisotopic (exact) mass is 398 g/mol. The maximum absolute atomic E-state index is 12.5. The molecule has 0 saturated heterocycles. The van der Waals surface area contributed by atoms with Crippen molar-refractivity contribution in [3.05, 3.63) is 35.9 Å². The number of nitrogens with one attached hydrogen (secondary N) is 1. The molecule has 1 aliphatic rings. The smallest absolute Gasteiger partial charge is 0.231 e. The van der Waals surface area contributed by atoms with Crippen molar-refractivity contribution in [3.63, 3.8) is 0 Å². The summed E-state index contributed by atoms with van der Waals surface area (Å²) in [5.74, 6) is 0.651. The Morgan fingerprint density at radius 1 is 1.36 bits per heavy atom. The maximum atomic E-state index is 12.5. The Morgan fingerprint density at radius 3 is 2.84 bits per heavy atom. The van der Waals surface area contributed by atoms with Crippen LogP contribution in [-0.4, -0.2) is 21.6 Å². The van der Waals surface area contributed by atoms with E-state index in [1.165, 1.54) is 16.9 Å². The molecule has 3 rings (SSSR count). The Hall–Kier alpha value is -1.15. The number of hydrogen-bond acceptors (Lipinski definition) is 6. The number of rotatable bonds is 5. The van der Waals surface area contributed by atoms with Gasteiger partial charge in [-0.25, -0.2) is 0 Å². The van der Waals surface area contributed by atoms with Crippen LogP contribution in [-0.2, 0) is 10.5 Å². The number of nitrogens with zero attached hydrogens (tertiary/aromatic N) is 2. The maximum Gasteiger partial charge on any atom is 0.231 e. The standard InChI is InChI=1S/C17H22N4OS2.ClH/c1-17(18)10-6-5-9-13(17)14(22)19-15-20-21-16(24-15)23-11-12-7-3-2-4-8-12;/h2-4,7-8,13H,5-6,9-11,18H2,1H3,(H,19,20,22);1H. The van der Waals surface area contributed by atoms with E-state index < -0.39 is 5.54 Å². The number of aromatic nitrogens is 2. The Balaban J connectivity index is 0.00000225. The highest BCUT2D eigenvalue weighted by Gasteiger charge is 2.38. The molecule has 1 aromatic carbocycles. The number of benzene rings is 1. The molecule has 1 saturated carbocycles. The number of thioether (sulfide) groups is 1. The van der Waals surface area contributed by atoms with Crippen molar-refractivity contribution in [2.75, 3.05) is 5.32 Å². The lowest BCUT2D eigenvalue weighted by Gasteiger charge is -2.36. The summed E-state index contributed by atoms with van der Waals surface area (Å²) >= 11 is 3.04. The summed E-state index contributed by atoms with van der Waals surface area (Å²) in [7, 11) is 0. The number of halogens is 1. The molecule has 0 aliphatic heterocycles. The van der Waals surface area contributed by atoms with Crippen LogP contribution in [0.1, 0.15) is 38.2 Å². The number of carbonyl (C=O) groups is 1. The summed E-state index contributed by atoms with van der Waals surface area (Å²) in [6.07, 6.45) is 3.88. The Bertz CT molecular complexity index is 693. The lowest BCUT2D eigenvalue weighted by atomic mass is 9.74. The van der Waals surface area contributed by atoms with Gasteiger partial charge in [0.1, 0.15) is 0 Å². The van der Waals surface area contributed by atoms with Crippen LogP contribution in [0.15, 0.2) is 34.7 Å². The Labute approximate surface area is 162 Å². The molecule has 1 aliphatic carbocycles. The molecule has 1 heterocycles. The van der Waals surface area contributed by atoms with E-state index in [1.807, 2.05) is 25.1 Å². The predicted octanol–water partition coefficient (Wildman–Crippen LogP) is 4.10. The van der Waals surface area contributed by atoms with E-state index in [-0.39, 0.29) is 24.2 Å². The van der Waals surface area contributed by atoms with Crippen LogP contribution in [0.3, 0.4) is 0 Å². The molecule has 25 heavy (non-hydrogen) atoms. The average Bonchev–Trinajstić information content (AvgIpc) is 3.01. The minimum absolute atomic E-state index is 0. The summed E-state index contributed by atoms with van der Waals surface area (Å²) < 4.78 is 0.855. The normalized spacial score (nSPS) is 22.9. The SMILES string of the molecule is CC1(N)CCCCC1C(=O)Nc1nnc(SCc2ccccc2)s1.Cl. The number of carbonyl (C=O) groups excluding carboxylic acids is 1. The minimum Gasteiger partial charge on any atom is -0.325 e. The van der Waals surface area contributed by atoms with Gasteiger partial charge in [0, 0.05) is 11.3 Å². The van der Waals surface area contributed by atoms with Gasteiger partial charge in [-0.3, -0.25) is 4.79 Å². The molecule has 3 N–H and O–H groups in total. The first-order valence-electron chi connectivity index (χ1n) is 8.14. The van der Waals surface area contributed by atoms with Gasteiger partial charge in [-0.05, 0) is 25.3 Å². The van der Waals surface area contributed by atoms with Gasteiger partial charge >= 0.3 is 0 Å². The van der Waals surface area contributed by atoms with Crippen molar-refractivity contribution < 1.29 is 4.79 Å². The first kappa shape index (κ1) is 20.2. The Kier molecular flexibility index (Phi) is 7.25. The average molecular weight is 399 g/mol. The second-order valence-corrected chi connectivity index (χ2v) is 8.64. The zero-order valence-electron chi connectivity index (χ0n) is 14.1. The summed E-state index contributed by atoms with van der Waals surface area (Å²) in [5.41, 5.74) is 7.10. The van der Waals surface area contributed by atoms with Crippen molar-refractivity contribution in [1.29, 1.82) is 0 Å². The van der Waals surface area contributed by atoms with Gasteiger partial charge in [0.2, 0.25) is 11.0 Å². The van der Waals surface area contributed by atoms with E-state index in [4.69, 9.17) is 5.73 Å². The van der Waals surface area contributed by atoms with Gasteiger partial charge in [0.05, 0.1) is 5.92 Å². The van der Waals surface area contributed by atoms with Crippen LogP contribution in [0.25, 0.3) is 0 Å². The van der Waals surface area contributed by atoms with Crippen LogP contribution in [0.2, 0.25) is 0 Å². The fourth-order valence-corrected chi connectivity index (χ4v) is 4.73. The molecule has 2 atom stereocenters. The van der Waals surface area contributed by atoms with Crippen molar-refractivity contribution in [1.82, 2.24) is 10.2 Å². The van der Waals surface area contributed by atoms with Gasteiger partial charge in [-0.2, -0.15) is 0 Å². The second kappa shape index (κ2) is 8.98. The summed E-state index contributed by atoms with van der Waals surface area (Å²) in [6.45, 7) is 1.97. The highest BCUT2D eigenvalue weighted by atomic mass is 35.5. The third-order valence-electron chi connectivity index (χ3n) is 4.41. The third-order valence-corrected chi connectivity index (χ3v) is 6.46. The molecule has 1 amide bonds. The second-order valence-electron chi connectivity index (χ2n) is 6.44. The highest BCUT2D eigenvalue weighted by Crippen LogP contribution is 2.33. The molecule has 0 radical (unpaired) electrons. The zero-order chi connectivity index (χ0) is 17.0. The van der Waals surface area contributed by atoms with Gasteiger partial charge in [-0.1, -0.05) is 66.3 Å². The predicted molar refractivity (Wildman–Crippen MR) is 106 cm³/mol. The molecule has 2 unspecified atom stereocenters. The lowest BCUT2D eigenvalue weighted by molar-refractivity contribution is -0.122. The Morgan fingerprint density at radius 2 is 2.12 bits per heavy atom. The molecule has 2 aromatic rings. The number of anilines is 1. The molecular weight excluding hydrogens is 376 g/mol. The van der Waals surface area contributed by atoms with Crippen LogP contribution < -0.4 is 11.1 Å². The summed E-state index contributed by atoms with van der Waals surface area (Å²) in [4.78, 5) is 12.5. The zero-order valence-corrected chi connectivity index (χ0v) is 16.6. The van der Waals surface area contributed by atoms with E-state index in [1.54, 1.807) is 11.8 Å². The third kappa shape index (κ3) is 5.41. The quantitative estimate of drug-likeness (QED) is 0.585. The summed E-state index contributed by atoms with van der Waals surface area (Å²) in [5, 5.41) is 11.7. The number of nitrogens with two attached hydrogens (primary N) is 1. The van der Waals surface area contributed by atoms with Crippen LogP contribution in [0.5, 0.6) is 0 Å². The number of hydrogen-bond donors (Lipinski definition) is 2. The van der Waals surface area contributed by atoms with Crippen molar-refractivity contribution >= 4 is 46.5 Å². The van der Waals surface area contributed by atoms with Gasteiger partial charge in [0.25, 0.3) is 0 Å². The molecule has 136 valence electrons. The molecule has 1 fully saturated rings. The molecule has 1 aromatic heterocycles. The van der Waals surface area contributed by atoms with E-state index in [2.05, 4.69) is 27.6 Å². The highest BCUT2D eigenvalue weighted by molar-refractivity contribution is 8.00. The van der Waals surface area contributed by atoms with E-state index in [0.29, 0.717) is 5.13 Å². The van der Waals surface area contributed by atoms with E-state index >= 15 is 0 Å².